The fraction of sp³-hybridized carbons (Fsp3) is 0.133. The van der Waals surface area contributed by atoms with E-state index in [0.717, 1.165) is 0 Å². The molecule has 0 aliphatic carbocycles. The summed E-state index contributed by atoms with van der Waals surface area (Å²) in [4.78, 5) is 26.2. The number of rotatable bonds is 6. The Kier molecular flexibility index (Phi) is 4.42. The Morgan fingerprint density at radius 3 is 2.96 bits per heavy atom. The minimum Gasteiger partial charge on any atom is -0.484 e. The molecule has 3 aromatic rings. The van der Waals surface area contributed by atoms with Gasteiger partial charge < -0.3 is 9.15 Å². The first-order valence-electron chi connectivity index (χ1n) is 7.17. The van der Waals surface area contributed by atoms with Crippen molar-refractivity contribution in [3.8, 4) is 17.3 Å². The van der Waals surface area contributed by atoms with Crippen LogP contribution in [0.2, 0.25) is 0 Å². The van der Waals surface area contributed by atoms with Crippen LogP contribution in [0.5, 0.6) is 5.75 Å². The molecule has 3 rings (SSSR count). The Balaban J connectivity index is 1.56. The molecule has 0 aliphatic rings. The van der Waals surface area contributed by atoms with Crippen molar-refractivity contribution in [2.45, 2.75) is 6.92 Å². The molecule has 2 aromatic heterocycles. The summed E-state index contributed by atoms with van der Waals surface area (Å²) in [5.41, 5.74) is 0.433. The Morgan fingerprint density at radius 2 is 2.28 bits per heavy atom. The van der Waals surface area contributed by atoms with E-state index < -0.39 is 10.8 Å². The fourth-order valence-corrected chi connectivity index (χ4v) is 2.07. The van der Waals surface area contributed by atoms with Crippen molar-refractivity contribution in [3.05, 3.63) is 52.3 Å². The highest BCUT2D eigenvalue weighted by Crippen LogP contribution is 2.23. The van der Waals surface area contributed by atoms with Crippen LogP contribution in [0, 0.1) is 17.0 Å². The quantitative estimate of drug-likeness (QED) is 0.517. The molecule has 0 atom stereocenters. The molecule has 2 heterocycles. The number of aromatic nitrogens is 3. The highest BCUT2D eigenvalue weighted by Gasteiger charge is 2.13. The third-order valence-electron chi connectivity index (χ3n) is 3.23. The summed E-state index contributed by atoms with van der Waals surface area (Å²) < 4.78 is 10.5. The minimum absolute atomic E-state index is 0.0111. The van der Waals surface area contributed by atoms with Crippen LogP contribution in [0.15, 0.2) is 41.0 Å². The zero-order chi connectivity index (χ0) is 17.8. The number of nitro benzene ring substituents is 1. The van der Waals surface area contributed by atoms with E-state index in [1.807, 2.05) is 0 Å². The number of anilines is 1. The molecule has 0 saturated heterocycles. The lowest BCUT2D eigenvalue weighted by Crippen LogP contribution is -2.20. The number of benzene rings is 1. The predicted molar refractivity (Wildman–Crippen MR) is 86.0 cm³/mol. The van der Waals surface area contributed by atoms with Gasteiger partial charge in [-0.25, -0.2) is 0 Å². The van der Waals surface area contributed by atoms with E-state index in [9.17, 15) is 14.9 Å². The fourth-order valence-electron chi connectivity index (χ4n) is 2.07. The van der Waals surface area contributed by atoms with Crippen LogP contribution >= 0.6 is 0 Å². The number of H-pyrrole nitrogens is 1. The van der Waals surface area contributed by atoms with Crippen molar-refractivity contribution < 1.29 is 18.9 Å². The molecule has 128 valence electrons. The summed E-state index contributed by atoms with van der Waals surface area (Å²) in [6.07, 6.45) is 1.50. The van der Waals surface area contributed by atoms with E-state index in [4.69, 9.17) is 9.15 Å². The van der Waals surface area contributed by atoms with Crippen molar-refractivity contribution in [1.29, 1.82) is 0 Å². The number of hydrogen-bond acceptors (Lipinski definition) is 7. The van der Waals surface area contributed by atoms with Gasteiger partial charge in [-0.2, -0.15) is 4.98 Å². The molecule has 1 aromatic carbocycles. The van der Waals surface area contributed by atoms with Gasteiger partial charge >= 0.3 is 0 Å². The molecular formula is C15H13N5O5. The Bertz CT molecular complexity index is 903. The smallest absolute Gasteiger partial charge is 0.272 e. The first-order chi connectivity index (χ1) is 12.0. The number of carbonyl (C=O) groups excluding carboxylic acids is 1. The first-order valence-corrected chi connectivity index (χ1v) is 7.17. The summed E-state index contributed by atoms with van der Waals surface area (Å²) in [5.74, 6) is 0.836. The number of nitro groups is 1. The number of nitrogens with one attached hydrogen (secondary N) is 2. The van der Waals surface area contributed by atoms with Gasteiger partial charge in [0.05, 0.1) is 11.2 Å². The monoisotopic (exact) mass is 343 g/mol. The Labute approximate surface area is 141 Å². The van der Waals surface area contributed by atoms with Crippen LogP contribution in [0.25, 0.3) is 11.6 Å². The summed E-state index contributed by atoms with van der Waals surface area (Å²) in [6.45, 7) is 1.30. The maximum atomic E-state index is 11.9. The predicted octanol–water partition coefficient (Wildman–Crippen LogP) is 2.30. The van der Waals surface area contributed by atoms with Crippen LogP contribution < -0.4 is 10.1 Å². The molecule has 10 nitrogen and oxygen atoms in total. The van der Waals surface area contributed by atoms with Crippen molar-refractivity contribution in [3.63, 3.8) is 0 Å². The van der Waals surface area contributed by atoms with Crippen LogP contribution in [0.1, 0.15) is 5.56 Å². The van der Waals surface area contributed by atoms with Gasteiger partial charge in [0.15, 0.2) is 18.2 Å². The summed E-state index contributed by atoms with van der Waals surface area (Å²) in [5, 5.41) is 19.7. The summed E-state index contributed by atoms with van der Waals surface area (Å²) in [7, 11) is 0. The molecule has 0 saturated carbocycles. The van der Waals surface area contributed by atoms with Crippen molar-refractivity contribution in [2.24, 2.45) is 0 Å². The normalized spacial score (nSPS) is 10.4. The number of furan rings is 1. The molecule has 0 fully saturated rings. The van der Waals surface area contributed by atoms with E-state index in [1.54, 1.807) is 19.1 Å². The number of nitrogens with zero attached hydrogens (tertiary/aromatic N) is 3. The molecule has 0 spiro atoms. The van der Waals surface area contributed by atoms with Crippen LogP contribution in [0.3, 0.4) is 0 Å². The lowest BCUT2D eigenvalue weighted by molar-refractivity contribution is -0.385. The second-order valence-corrected chi connectivity index (χ2v) is 5.03. The molecule has 0 aliphatic heterocycles. The third kappa shape index (κ3) is 3.80. The molecular weight excluding hydrogens is 330 g/mol. The number of hydrogen-bond donors (Lipinski definition) is 2. The van der Waals surface area contributed by atoms with E-state index in [-0.39, 0.29) is 18.2 Å². The highest BCUT2D eigenvalue weighted by atomic mass is 16.6. The van der Waals surface area contributed by atoms with Gasteiger partial charge in [0.1, 0.15) is 5.75 Å². The molecule has 0 radical (unpaired) electrons. The SMILES string of the molecule is Cc1cc(OCC(=O)Nc2n[nH]c(-c3ccco3)n2)ccc1[N+](=O)[O-]. The average molecular weight is 343 g/mol. The van der Waals surface area contributed by atoms with Gasteiger partial charge in [0.2, 0.25) is 5.95 Å². The molecule has 0 bridgehead atoms. The standard InChI is InChI=1S/C15H13N5O5/c1-9-7-10(4-5-11(9)20(22)23)25-8-13(21)16-15-17-14(18-19-15)12-3-2-6-24-12/h2-7H,8H2,1H3,(H2,16,17,18,19,21). The number of amides is 1. The van der Waals surface area contributed by atoms with Crippen LogP contribution in [0.4, 0.5) is 11.6 Å². The second kappa shape index (κ2) is 6.83. The topological polar surface area (TPSA) is 136 Å². The molecule has 1 amide bonds. The zero-order valence-electron chi connectivity index (χ0n) is 13.1. The minimum atomic E-state index is -0.480. The van der Waals surface area contributed by atoms with Gasteiger partial charge in [-0.1, -0.05) is 0 Å². The Morgan fingerprint density at radius 1 is 1.44 bits per heavy atom. The van der Waals surface area contributed by atoms with E-state index in [2.05, 4.69) is 20.5 Å². The molecule has 25 heavy (non-hydrogen) atoms. The largest absolute Gasteiger partial charge is 0.484 e. The summed E-state index contributed by atoms with van der Waals surface area (Å²) in [6, 6.07) is 7.66. The van der Waals surface area contributed by atoms with Crippen molar-refractivity contribution in [1.82, 2.24) is 15.2 Å². The lowest BCUT2D eigenvalue weighted by Gasteiger charge is -2.06. The van der Waals surface area contributed by atoms with Gasteiger partial charge in [0, 0.05) is 11.6 Å². The molecule has 2 N–H and O–H groups in total. The van der Waals surface area contributed by atoms with Crippen molar-refractivity contribution >= 4 is 17.5 Å². The summed E-state index contributed by atoms with van der Waals surface area (Å²) >= 11 is 0. The van der Waals surface area contributed by atoms with Crippen molar-refractivity contribution in [2.75, 3.05) is 11.9 Å². The number of ether oxygens (including phenoxy) is 1. The number of aromatic amines is 1. The average Bonchev–Trinajstić information content (AvgIpc) is 3.23. The number of carbonyl (C=O) groups is 1. The molecule has 10 heteroatoms. The maximum Gasteiger partial charge on any atom is 0.272 e. The van der Waals surface area contributed by atoms with E-state index in [0.29, 0.717) is 22.9 Å². The van der Waals surface area contributed by atoms with E-state index >= 15 is 0 Å². The second-order valence-electron chi connectivity index (χ2n) is 5.03. The van der Waals surface area contributed by atoms with Crippen LogP contribution in [-0.4, -0.2) is 32.6 Å². The third-order valence-corrected chi connectivity index (χ3v) is 3.23. The van der Waals surface area contributed by atoms with Gasteiger partial charge in [0.25, 0.3) is 11.6 Å². The van der Waals surface area contributed by atoms with Gasteiger partial charge in [-0.05, 0) is 31.2 Å². The maximum absolute atomic E-state index is 11.9. The first kappa shape index (κ1) is 16.2. The Hall–Kier alpha value is -3.69. The highest BCUT2D eigenvalue weighted by molar-refractivity contribution is 5.90. The van der Waals surface area contributed by atoms with Gasteiger partial charge in [-0.15, -0.1) is 5.10 Å². The van der Waals surface area contributed by atoms with Crippen LogP contribution in [-0.2, 0) is 4.79 Å². The molecule has 0 unspecified atom stereocenters. The zero-order valence-corrected chi connectivity index (χ0v) is 13.1. The van der Waals surface area contributed by atoms with Gasteiger partial charge in [-0.3, -0.25) is 25.3 Å². The van der Waals surface area contributed by atoms with E-state index in [1.165, 1.54) is 24.5 Å². The number of aryl methyl sites for hydroxylation is 1. The lowest BCUT2D eigenvalue weighted by atomic mass is 10.2.